The highest BCUT2D eigenvalue weighted by Gasteiger charge is 2.24. The third-order valence-corrected chi connectivity index (χ3v) is 3.45. The van der Waals surface area contributed by atoms with Gasteiger partial charge in [-0.25, -0.2) is 4.98 Å². The molecular weight excluding hydrogens is 296 g/mol. The molecule has 1 aromatic heterocycles. The summed E-state index contributed by atoms with van der Waals surface area (Å²) >= 11 is 0. The molecule has 0 radical (unpaired) electrons. The van der Waals surface area contributed by atoms with E-state index in [4.69, 9.17) is 5.11 Å². The van der Waals surface area contributed by atoms with Crippen molar-refractivity contribution in [2.75, 3.05) is 27.2 Å². The highest BCUT2D eigenvalue weighted by molar-refractivity contribution is 6.04. The van der Waals surface area contributed by atoms with Crippen LogP contribution in [0.2, 0.25) is 0 Å². The number of aromatic amines is 1. The number of likely N-dealkylation sites (N-methyl/N-ethyl adjacent to an activating group) is 1. The van der Waals surface area contributed by atoms with Crippen LogP contribution < -0.4 is 0 Å². The molecule has 0 aliphatic heterocycles. The number of amides is 2. The Hall–Kier alpha value is -2.67. The molecule has 2 rings (SSSR count). The number of aliphatic hydroxyl groups excluding tert-OH is 1. The fourth-order valence-electron chi connectivity index (χ4n) is 2.17. The van der Waals surface area contributed by atoms with Gasteiger partial charge in [-0.3, -0.25) is 9.59 Å². The van der Waals surface area contributed by atoms with Crippen molar-refractivity contribution in [2.45, 2.75) is 6.54 Å². The molecule has 2 aromatic rings. The molecule has 0 aliphatic carbocycles. The van der Waals surface area contributed by atoms with E-state index in [0.717, 1.165) is 5.56 Å². The van der Waals surface area contributed by atoms with Gasteiger partial charge in [-0.1, -0.05) is 30.3 Å². The molecule has 0 fully saturated rings. The second kappa shape index (κ2) is 7.55. The Bertz CT molecular complexity index is 669. The largest absolute Gasteiger partial charge is 0.395 e. The summed E-state index contributed by atoms with van der Waals surface area (Å²) in [6, 6.07) is 9.58. The van der Waals surface area contributed by atoms with Gasteiger partial charge in [0.1, 0.15) is 5.69 Å². The van der Waals surface area contributed by atoms with Crippen molar-refractivity contribution in [3.63, 3.8) is 0 Å². The Kier molecular flexibility index (Phi) is 5.48. The number of hydrogen-bond acceptors (Lipinski definition) is 4. The Labute approximate surface area is 134 Å². The number of hydrogen-bond donors (Lipinski definition) is 2. The van der Waals surface area contributed by atoms with Crippen LogP contribution in [0.1, 0.15) is 26.5 Å². The first kappa shape index (κ1) is 16.7. The van der Waals surface area contributed by atoms with Crippen LogP contribution in [-0.2, 0) is 6.54 Å². The van der Waals surface area contributed by atoms with E-state index in [1.165, 1.54) is 16.1 Å². The number of carbonyl (C=O) groups excluding carboxylic acids is 2. The number of nitrogens with zero attached hydrogens (tertiary/aromatic N) is 3. The molecular formula is C16H20N4O3. The van der Waals surface area contributed by atoms with Gasteiger partial charge >= 0.3 is 0 Å². The SMILES string of the molecule is CN(CCO)C(=O)c1nc[nH]c1C(=O)N(C)Cc1ccccc1. The predicted molar refractivity (Wildman–Crippen MR) is 84.9 cm³/mol. The summed E-state index contributed by atoms with van der Waals surface area (Å²) in [5.74, 6) is -0.719. The fraction of sp³-hybridized carbons (Fsp3) is 0.312. The average molecular weight is 316 g/mol. The van der Waals surface area contributed by atoms with Crippen LogP contribution in [-0.4, -0.2) is 63.9 Å². The number of carbonyl (C=O) groups is 2. The summed E-state index contributed by atoms with van der Waals surface area (Å²) in [5, 5.41) is 8.92. The van der Waals surface area contributed by atoms with Gasteiger partial charge in [0.25, 0.3) is 11.8 Å². The first-order valence-electron chi connectivity index (χ1n) is 7.23. The lowest BCUT2D eigenvalue weighted by atomic mass is 10.2. The summed E-state index contributed by atoms with van der Waals surface area (Å²) in [5.41, 5.74) is 1.21. The topological polar surface area (TPSA) is 89.5 Å². The molecule has 0 atom stereocenters. The normalized spacial score (nSPS) is 10.4. The number of imidazole rings is 1. The van der Waals surface area contributed by atoms with Crippen LogP contribution in [0.4, 0.5) is 0 Å². The maximum Gasteiger partial charge on any atom is 0.274 e. The zero-order chi connectivity index (χ0) is 16.8. The molecule has 7 nitrogen and oxygen atoms in total. The van der Waals surface area contributed by atoms with Gasteiger partial charge in [0, 0.05) is 27.2 Å². The van der Waals surface area contributed by atoms with Gasteiger partial charge in [0.15, 0.2) is 5.69 Å². The number of aliphatic hydroxyl groups is 1. The van der Waals surface area contributed by atoms with E-state index < -0.39 is 5.91 Å². The molecule has 0 saturated carbocycles. The Balaban J connectivity index is 2.14. The van der Waals surface area contributed by atoms with E-state index in [-0.39, 0.29) is 30.4 Å². The molecule has 2 N–H and O–H groups in total. The van der Waals surface area contributed by atoms with Crippen LogP contribution >= 0.6 is 0 Å². The molecule has 1 heterocycles. The Morgan fingerprint density at radius 3 is 2.48 bits per heavy atom. The van der Waals surface area contributed by atoms with Gasteiger partial charge in [0.05, 0.1) is 12.9 Å². The van der Waals surface area contributed by atoms with E-state index >= 15 is 0 Å². The first-order valence-corrected chi connectivity index (χ1v) is 7.23. The maximum absolute atomic E-state index is 12.6. The zero-order valence-corrected chi connectivity index (χ0v) is 13.2. The van der Waals surface area contributed by atoms with Gasteiger partial charge in [-0.15, -0.1) is 0 Å². The van der Waals surface area contributed by atoms with E-state index in [0.29, 0.717) is 6.54 Å². The van der Waals surface area contributed by atoms with Crippen LogP contribution in [0.3, 0.4) is 0 Å². The zero-order valence-electron chi connectivity index (χ0n) is 13.2. The first-order chi connectivity index (χ1) is 11.0. The lowest BCUT2D eigenvalue weighted by Gasteiger charge is -2.18. The molecule has 0 spiro atoms. The Morgan fingerprint density at radius 2 is 1.83 bits per heavy atom. The summed E-state index contributed by atoms with van der Waals surface area (Å²) in [6.07, 6.45) is 1.32. The highest BCUT2D eigenvalue weighted by atomic mass is 16.3. The van der Waals surface area contributed by atoms with Gasteiger partial charge in [0.2, 0.25) is 0 Å². The van der Waals surface area contributed by atoms with Gasteiger partial charge in [-0.2, -0.15) is 0 Å². The van der Waals surface area contributed by atoms with Crippen molar-refractivity contribution in [3.8, 4) is 0 Å². The van der Waals surface area contributed by atoms with Crippen molar-refractivity contribution in [2.24, 2.45) is 0 Å². The van der Waals surface area contributed by atoms with Crippen molar-refractivity contribution >= 4 is 11.8 Å². The third-order valence-electron chi connectivity index (χ3n) is 3.45. The van der Waals surface area contributed by atoms with Crippen LogP contribution in [0.25, 0.3) is 0 Å². The lowest BCUT2D eigenvalue weighted by Crippen LogP contribution is -2.33. The minimum absolute atomic E-state index is 0.0610. The highest BCUT2D eigenvalue weighted by Crippen LogP contribution is 2.11. The van der Waals surface area contributed by atoms with Crippen LogP contribution in [0.5, 0.6) is 0 Å². The van der Waals surface area contributed by atoms with Crippen LogP contribution in [0, 0.1) is 0 Å². The molecule has 0 saturated heterocycles. The van der Waals surface area contributed by atoms with Crippen molar-refractivity contribution in [1.29, 1.82) is 0 Å². The number of aromatic nitrogens is 2. The minimum Gasteiger partial charge on any atom is -0.395 e. The molecule has 2 amide bonds. The molecule has 0 unspecified atom stereocenters. The quantitative estimate of drug-likeness (QED) is 0.823. The predicted octanol–water partition coefficient (Wildman–Crippen LogP) is 0.746. The van der Waals surface area contributed by atoms with Gasteiger partial charge < -0.3 is 19.9 Å². The summed E-state index contributed by atoms with van der Waals surface area (Å²) < 4.78 is 0. The number of benzene rings is 1. The second-order valence-electron chi connectivity index (χ2n) is 5.22. The monoisotopic (exact) mass is 316 g/mol. The Morgan fingerprint density at radius 1 is 1.13 bits per heavy atom. The molecule has 122 valence electrons. The third kappa shape index (κ3) is 3.95. The number of H-pyrrole nitrogens is 1. The molecule has 0 bridgehead atoms. The van der Waals surface area contributed by atoms with Crippen molar-refractivity contribution in [1.82, 2.24) is 19.8 Å². The standard InChI is InChI=1S/C16H20N4O3/c1-19(8-9-21)15(22)13-14(18-11-17-13)16(23)20(2)10-12-6-4-3-5-7-12/h3-7,11,21H,8-10H2,1-2H3,(H,17,18). The molecule has 23 heavy (non-hydrogen) atoms. The molecule has 7 heteroatoms. The molecule has 1 aromatic carbocycles. The fourth-order valence-corrected chi connectivity index (χ4v) is 2.17. The number of nitrogens with one attached hydrogen (secondary N) is 1. The second-order valence-corrected chi connectivity index (χ2v) is 5.22. The summed E-state index contributed by atoms with van der Waals surface area (Å²) in [7, 11) is 3.22. The van der Waals surface area contributed by atoms with Crippen LogP contribution in [0.15, 0.2) is 36.7 Å². The van der Waals surface area contributed by atoms with E-state index in [2.05, 4.69) is 9.97 Å². The van der Waals surface area contributed by atoms with E-state index in [1.54, 1.807) is 14.1 Å². The molecule has 0 aliphatic rings. The van der Waals surface area contributed by atoms with Crippen molar-refractivity contribution < 1.29 is 14.7 Å². The van der Waals surface area contributed by atoms with E-state index in [1.807, 2.05) is 30.3 Å². The van der Waals surface area contributed by atoms with E-state index in [9.17, 15) is 9.59 Å². The minimum atomic E-state index is -0.406. The van der Waals surface area contributed by atoms with Crippen molar-refractivity contribution in [3.05, 3.63) is 53.6 Å². The number of rotatable bonds is 6. The lowest BCUT2D eigenvalue weighted by molar-refractivity contribution is 0.0731. The van der Waals surface area contributed by atoms with Gasteiger partial charge in [-0.05, 0) is 5.56 Å². The summed E-state index contributed by atoms with van der Waals surface area (Å²) in [4.78, 5) is 34.3. The smallest absolute Gasteiger partial charge is 0.274 e. The summed E-state index contributed by atoms with van der Waals surface area (Å²) in [6.45, 7) is 0.460. The average Bonchev–Trinajstić information content (AvgIpc) is 3.04. The maximum atomic E-state index is 12.6.